The van der Waals surface area contributed by atoms with E-state index in [-0.39, 0.29) is 0 Å². The van der Waals surface area contributed by atoms with E-state index in [1.54, 1.807) is 6.20 Å². The first kappa shape index (κ1) is 16.2. The Hall–Kier alpha value is -1.66. The standard InChI is InChI=1S/C17H22BrN5/c1-2-22-7-9-23(10-8-22)17-6-3-14(12-21-17)11-19-16-5-4-15(18)13-20-16/h3-6,12-13H,2,7-11H2,1H3,(H,19,20). The summed E-state index contributed by atoms with van der Waals surface area (Å²) in [4.78, 5) is 13.8. The van der Waals surface area contributed by atoms with Crippen LogP contribution in [0.4, 0.5) is 11.6 Å². The fourth-order valence-electron chi connectivity index (χ4n) is 2.67. The molecular weight excluding hydrogens is 354 g/mol. The van der Waals surface area contributed by atoms with E-state index in [2.05, 4.69) is 60.1 Å². The van der Waals surface area contributed by atoms with Gasteiger partial charge in [-0.2, -0.15) is 0 Å². The largest absolute Gasteiger partial charge is 0.366 e. The number of aromatic nitrogens is 2. The second kappa shape index (κ2) is 7.75. The molecule has 2 aromatic heterocycles. The summed E-state index contributed by atoms with van der Waals surface area (Å²) in [7, 11) is 0. The molecule has 1 aliphatic rings. The van der Waals surface area contributed by atoms with Crippen LogP contribution in [0.2, 0.25) is 0 Å². The zero-order chi connectivity index (χ0) is 16.1. The molecule has 2 aromatic rings. The van der Waals surface area contributed by atoms with Crippen LogP contribution in [0.25, 0.3) is 0 Å². The lowest BCUT2D eigenvalue weighted by Gasteiger charge is -2.34. The lowest BCUT2D eigenvalue weighted by atomic mass is 10.2. The molecule has 1 saturated heterocycles. The lowest BCUT2D eigenvalue weighted by molar-refractivity contribution is 0.270. The van der Waals surface area contributed by atoms with Gasteiger partial charge in [-0.3, -0.25) is 0 Å². The number of pyridine rings is 2. The molecule has 122 valence electrons. The molecule has 3 rings (SSSR count). The summed E-state index contributed by atoms with van der Waals surface area (Å²) in [6.07, 6.45) is 3.74. The van der Waals surface area contributed by atoms with Gasteiger partial charge >= 0.3 is 0 Å². The zero-order valence-electron chi connectivity index (χ0n) is 13.4. The van der Waals surface area contributed by atoms with Crippen LogP contribution in [0.3, 0.4) is 0 Å². The van der Waals surface area contributed by atoms with Crippen molar-refractivity contribution in [2.75, 3.05) is 42.9 Å². The zero-order valence-corrected chi connectivity index (χ0v) is 15.0. The van der Waals surface area contributed by atoms with Crippen LogP contribution in [-0.2, 0) is 6.54 Å². The van der Waals surface area contributed by atoms with Gasteiger partial charge in [-0.05, 0) is 46.2 Å². The summed E-state index contributed by atoms with van der Waals surface area (Å²) < 4.78 is 0.984. The van der Waals surface area contributed by atoms with Gasteiger partial charge in [-0.25, -0.2) is 9.97 Å². The van der Waals surface area contributed by atoms with Crippen molar-refractivity contribution in [2.45, 2.75) is 13.5 Å². The van der Waals surface area contributed by atoms with E-state index in [1.807, 2.05) is 18.3 Å². The van der Waals surface area contributed by atoms with Crippen LogP contribution in [0.1, 0.15) is 12.5 Å². The van der Waals surface area contributed by atoms with Crippen molar-refractivity contribution < 1.29 is 0 Å². The van der Waals surface area contributed by atoms with Crippen LogP contribution < -0.4 is 10.2 Å². The Kier molecular flexibility index (Phi) is 5.46. The van der Waals surface area contributed by atoms with Crippen LogP contribution in [0.15, 0.2) is 41.1 Å². The van der Waals surface area contributed by atoms with E-state index in [1.165, 1.54) is 0 Å². The Morgan fingerprint density at radius 3 is 2.48 bits per heavy atom. The topological polar surface area (TPSA) is 44.3 Å². The predicted octanol–water partition coefficient (Wildman–Crippen LogP) is 2.99. The average Bonchev–Trinajstić information content (AvgIpc) is 2.62. The number of nitrogens with zero attached hydrogens (tertiary/aromatic N) is 4. The van der Waals surface area contributed by atoms with E-state index < -0.39 is 0 Å². The molecule has 0 aliphatic carbocycles. The monoisotopic (exact) mass is 375 g/mol. The van der Waals surface area contributed by atoms with Gasteiger partial charge in [0.2, 0.25) is 0 Å². The maximum atomic E-state index is 4.62. The number of hydrogen-bond donors (Lipinski definition) is 1. The minimum absolute atomic E-state index is 0.728. The fourth-order valence-corrected chi connectivity index (χ4v) is 2.91. The van der Waals surface area contributed by atoms with Crippen LogP contribution >= 0.6 is 15.9 Å². The molecule has 23 heavy (non-hydrogen) atoms. The predicted molar refractivity (Wildman–Crippen MR) is 97.8 cm³/mol. The fraction of sp³-hybridized carbons (Fsp3) is 0.412. The molecular formula is C17H22BrN5. The quantitative estimate of drug-likeness (QED) is 0.869. The van der Waals surface area contributed by atoms with Gasteiger partial charge in [-0.15, -0.1) is 0 Å². The summed E-state index contributed by atoms with van der Waals surface area (Å²) in [5.41, 5.74) is 1.16. The third-order valence-corrected chi connectivity index (χ3v) is 4.62. The molecule has 0 atom stereocenters. The summed E-state index contributed by atoms with van der Waals surface area (Å²) in [5.74, 6) is 1.94. The van der Waals surface area contributed by atoms with E-state index in [0.717, 1.165) is 60.9 Å². The second-order valence-electron chi connectivity index (χ2n) is 5.66. The van der Waals surface area contributed by atoms with Gasteiger partial charge in [0, 0.05) is 49.6 Å². The molecule has 0 unspecified atom stereocenters. The first-order valence-electron chi connectivity index (χ1n) is 8.02. The van der Waals surface area contributed by atoms with Crippen LogP contribution in [-0.4, -0.2) is 47.6 Å². The van der Waals surface area contributed by atoms with E-state index in [4.69, 9.17) is 0 Å². The van der Waals surface area contributed by atoms with Gasteiger partial charge in [0.25, 0.3) is 0 Å². The normalized spacial score (nSPS) is 15.7. The number of piperazine rings is 1. The Labute approximate surface area is 145 Å². The SMILES string of the molecule is CCN1CCN(c2ccc(CNc3ccc(Br)cn3)cn2)CC1. The maximum absolute atomic E-state index is 4.62. The Bertz CT molecular complexity index is 606. The highest BCUT2D eigenvalue weighted by Crippen LogP contribution is 2.15. The minimum atomic E-state index is 0.728. The number of halogens is 1. The molecule has 6 heteroatoms. The van der Waals surface area contributed by atoms with Crippen molar-refractivity contribution in [3.8, 4) is 0 Å². The van der Waals surface area contributed by atoms with Gasteiger partial charge in [-0.1, -0.05) is 13.0 Å². The highest BCUT2D eigenvalue weighted by molar-refractivity contribution is 9.10. The van der Waals surface area contributed by atoms with Crippen molar-refractivity contribution in [1.29, 1.82) is 0 Å². The number of rotatable bonds is 5. The smallest absolute Gasteiger partial charge is 0.128 e. The number of anilines is 2. The molecule has 0 aromatic carbocycles. The van der Waals surface area contributed by atoms with Crippen molar-refractivity contribution in [3.63, 3.8) is 0 Å². The Balaban J connectivity index is 1.54. The van der Waals surface area contributed by atoms with Gasteiger partial charge in [0.1, 0.15) is 11.6 Å². The Morgan fingerprint density at radius 1 is 1.04 bits per heavy atom. The van der Waals surface area contributed by atoms with Crippen LogP contribution in [0, 0.1) is 0 Å². The molecule has 0 amide bonds. The molecule has 1 aliphatic heterocycles. The summed E-state index contributed by atoms with van der Waals surface area (Å²) in [5, 5.41) is 3.31. The van der Waals surface area contributed by atoms with Crippen molar-refractivity contribution in [1.82, 2.24) is 14.9 Å². The number of nitrogens with one attached hydrogen (secondary N) is 1. The second-order valence-corrected chi connectivity index (χ2v) is 6.58. The first-order chi connectivity index (χ1) is 11.2. The van der Waals surface area contributed by atoms with Crippen molar-refractivity contribution in [3.05, 3.63) is 46.7 Å². The first-order valence-corrected chi connectivity index (χ1v) is 8.81. The molecule has 0 bridgehead atoms. The Morgan fingerprint density at radius 2 is 1.87 bits per heavy atom. The van der Waals surface area contributed by atoms with Crippen LogP contribution in [0.5, 0.6) is 0 Å². The molecule has 0 spiro atoms. The van der Waals surface area contributed by atoms with Crippen molar-refractivity contribution in [2.24, 2.45) is 0 Å². The molecule has 5 nitrogen and oxygen atoms in total. The van der Waals surface area contributed by atoms with Gasteiger partial charge in [0.05, 0.1) is 0 Å². The number of likely N-dealkylation sites (N-methyl/N-ethyl adjacent to an activating group) is 1. The molecule has 3 heterocycles. The van der Waals surface area contributed by atoms with E-state index in [0.29, 0.717) is 0 Å². The summed E-state index contributed by atoms with van der Waals surface area (Å²) in [6, 6.07) is 8.19. The third-order valence-electron chi connectivity index (χ3n) is 4.15. The van der Waals surface area contributed by atoms with Gasteiger partial charge in [0.15, 0.2) is 0 Å². The maximum Gasteiger partial charge on any atom is 0.128 e. The van der Waals surface area contributed by atoms with Crippen molar-refractivity contribution >= 4 is 27.6 Å². The lowest BCUT2D eigenvalue weighted by Crippen LogP contribution is -2.46. The minimum Gasteiger partial charge on any atom is -0.366 e. The van der Waals surface area contributed by atoms with E-state index >= 15 is 0 Å². The third kappa shape index (κ3) is 4.42. The molecule has 1 fully saturated rings. The number of hydrogen-bond acceptors (Lipinski definition) is 5. The molecule has 0 radical (unpaired) electrons. The molecule has 0 saturated carbocycles. The summed E-state index contributed by atoms with van der Waals surface area (Å²) >= 11 is 3.39. The van der Waals surface area contributed by atoms with Gasteiger partial charge < -0.3 is 15.1 Å². The highest BCUT2D eigenvalue weighted by Gasteiger charge is 2.16. The average molecular weight is 376 g/mol. The van der Waals surface area contributed by atoms with E-state index in [9.17, 15) is 0 Å². The molecule has 1 N–H and O–H groups in total. The highest BCUT2D eigenvalue weighted by atomic mass is 79.9. The summed E-state index contributed by atoms with van der Waals surface area (Å²) in [6.45, 7) is 8.44.